The number of aryl methyl sites for hydroxylation is 1. The molecule has 2 nitrogen and oxygen atoms in total. The molecule has 1 N–H and O–H groups in total. The van der Waals surface area contributed by atoms with Crippen molar-refractivity contribution in [2.24, 2.45) is 11.8 Å². The Morgan fingerprint density at radius 2 is 1.75 bits per heavy atom. The van der Waals surface area contributed by atoms with Gasteiger partial charge in [-0.05, 0) is 42.4 Å². The molecule has 3 heteroatoms. The van der Waals surface area contributed by atoms with Crippen molar-refractivity contribution in [3.63, 3.8) is 0 Å². The summed E-state index contributed by atoms with van der Waals surface area (Å²) in [5, 5.41) is 8.87. The Balaban J connectivity index is 1.69. The fourth-order valence-electron chi connectivity index (χ4n) is 3.93. The largest absolute Gasteiger partial charge is 0.478 e. The van der Waals surface area contributed by atoms with Gasteiger partial charge in [0.2, 0.25) is 0 Å². The number of carboxylic acids is 1. The molecule has 1 saturated carbocycles. The van der Waals surface area contributed by atoms with Crippen molar-refractivity contribution in [1.82, 2.24) is 0 Å². The second-order valence-electron chi connectivity index (χ2n) is 7.39. The van der Waals surface area contributed by atoms with Gasteiger partial charge in [0.25, 0.3) is 0 Å². The maximum atomic E-state index is 13.7. The SMILES string of the molecule is CCCCCCC1CCC(CCc2ccc(C(=O)O)c(F)c2)CC1. The maximum absolute atomic E-state index is 13.7. The molecule has 2 rings (SSSR count). The number of aromatic carboxylic acids is 1. The molecule has 0 unspecified atom stereocenters. The maximum Gasteiger partial charge on any atom is 0.338 e. The fraction of sp³-hybridized carbons (Fsp3) is 0.667. The zero-order chi connectivity index (χ0) is 17.4. The van der Waals surface area contributed by atoms with E-state index in [9.17, 15) is 9.18 Å². The van der Waals surface area contributed by atoms with Gasteiger partial charge in [0, 0.05) is 0 Å². The normalized spacial score (nSPS) is 20.9. The van der Waals surface area contributed by atoms with Gasteiger partial charge in [0.05, 0.1) is 5.56 Å². The third-order valence-corrected chi connectivity index (χ3v) is 5.54. The van der Waals surface area contributed by atoms with E-state index < -0.39 is 11.8 Å². The minimum atomic E-state index is -1.20. The number of hydrogen-bond acceptors (Lipinski definition) is 1. The zero-order valence-electron chi connectivity index (χ0n) is 14.9. The molecular weight excluding hydrogens is 303 g/mol. The first-order valence-electron chi connectivity index (χ1n) is 9.61. The van der Waals surface area contributed by atoms with E-state index in [4.69, 9.17) is 5.11 Å². The van der Waals surface area contributed by atoms with Crippen LogP contribution in [0, 0.1) is 17.7 Å². The molecule has 1 aliphatic rings. The summed E-state index contributed by atoms with van der Waals surface area (Å²) < 4.78 is 13.7. The highest BCUT2D eigenvalue weighted by atomic mass is 19.1. The van der Waals surface area contributed by atoms with Gasteiger partial charge >= 0.3 is 5.97 Å². The van der Waals surface area contributed by atoms with Crippen LogP contribution in [0.5, 0.6) is 0 Å². The highest BCUT2D eigenvalue weighted by molar-refractivity contribution is 5.87. The third kappa shape index (κ3) is 5.92. The van der Waals surface area contributed by atoms with Gasteiger partial charge in [-0.25, -0.2) is 9.18 Å². The Morgan fingerprint density at radius 3 is 2.33 bits per heavy atom. The van der Waals surface area contributed by atoms with Crippen molar-refractivity contribution >= 4 is 5.97 Å². The van der Waals surface area contributed by atoms with Gasteiger partial charge in [0.1, 0.15) is 5.82 Å². The number of benzene rings is 1. The molecule has 0 spiro atoms. The minimum absolute atomic E-state index is 0.234. The Bertz CT molecular complexity index is 519. The summed E-state index contributed by atoms with van der Waals surface area (Å²) in [5.41, 5.74) is 0.682. The van der Waals surface area contributed by atoms with Crippen molar-refractivity contribution < 1.29 is 14.3 Å². The first kappa shape index (κ1) is 19.0. The molecule has 0 saturated heterocycles. The van der Waals surface area contributed by atoms with Crippen LogP contribution in [0.15, 0.2) is 18.2 Å². The summed E-state index contributed by atoms with van der Waals surface area (Å²) in [7, 11) is 0. The van der Waals surface area contributed by atoms with Crippen LogP contribution in [0.2, 0.25) is 0 Å². The number of carbonyl (C=O) groups is 1. The van der Waals surface area contributed by atoms with E-state index in [0.717, 1.165) is 30.2 Å². The van der Waals surface area contributed by atoms with Crippen molar-refractivity contribution in [3.05, 3.63) is 35.1 Å². The van der Waals surface area contributed by atoms with Gasteiger partial charge < -0.3 is 5.11 Å². The average Bonchev–Trinajstić information content (AvgIpc) is 2.57. The van der Waals surface area contributed by atoms with E-state index in [2.05, 4.69) is 6.92 Å². The molecule has 0 aromatic heterocycles. The highest BCUT2D eigenvalue weighted by Gasteiger charge is 2.21. The van der Waals surface area contributed by atoms with Gasteiger partial charge in [-0.3, -0.25) is 0 Å². The molecule has 1 aromatic carbocycles. The minimum Gasteiger partial charge on any atom is -0.478 e. The lowest BCUT2D eigenvalue weighted by atomic mass is 9.77. The van der Waals surface area contributed by atoms with E-state index in [-0.39, 0.29) is 5.56 Å². The third-order valence-electron chi connectivity index (χ3n) is 5.54. The van der Waals surface area contributed by atoms with Crippen LogP contribution in [0.1, 0.15) is 87.1 Å². The van der Waals surface area contributed by atoms with E-state index in [1.54, 1.807) is 6.07 Å². The molecule has 0 aliphatic heterocycles. The van der Waals surface area contributed by atoms with Gasteiger partial charge in [-0.2, -0.15) is 0 Å². The fourth-order valence-corrected chi connectivity index (χ4v) is 3.93. The highest BCUT2D eigenvalue weighted by Crippen LogP contribution is 2.34. The topological polar surface area (TPSA) is 37.3 Å². The van der Waals surface area contributed by atoms with Gasteiger partial charge in [0.15, 0.2) is 0 Å². The van der Waals surface area contributed by atoms with Crippen LogP contribution >= 0.6 is 0 Å². The average molecular weight is 334 g/mol. The summed E-state index contributed by atoms with van der Waals surface area (Å²) in [5.74, 6) is -0.142. The van der Waals surface area contributed by atoms with Gasteiger partial charge in [-0.1, -0.05) is 70.8 Å². The van der Waals surface area contributed by atoms with E-state index in [1.165, 1.54) is 69.9 Å². The monoisotopic (exact) mass is 334 g/mol. The smallest absolute Gasteiger partial charge is 0.338 e. The van der Waals surface area contributed by atoms with E-state index >= 15 is 0 Å². The molecule has 1 aliphatic carbocycles. The lowest BCUT2D eigenvalue weighted by Crippen LogP contribution is -2.15. The summed E-state index contributed by atoms with van der Waals surface area (Å²) in [6.45, 7) is 2.26. The number of unbranched alkanes of at least 4 members (excludes halogenated alkanes) is 3. The van der Waals surface area contributed by atoms with Crippen molar-refractivity contribution in [3.8, 4) is 0 Å². The lowest BCUT2D eigenvalue weighted by molar-refractivity contribution is 0.0692. The van der Waals surface area contributed by atoms with Crippen LogP contribution in [0.3, 0.4) is 0 Å². The van der Waals surface area contributed by atoms with Crippen LogP contribution in [0.25, 0.3) is 0 Å². The number of hydrogen-bond donors (Lipinski definition) is 1. The number of rotatable bonds is 9. The molecular formula is C21H31FO2. The molecule has 0 amide bonds. The van der Waals surface area contributed by atoms with Crippen molar-refractivity contribution in [2.45, 2.75) is 77.6 Å². The molecule has 0 heterocycles. The summed E-state index contributed by atoms with van der Waals surface area (Å²) >= 11 is 0. The molecule has 134 valence electrons. The van der Waals surface area contributed by atoms with Gasteiger partial charge in [-0.15, -0.1) is 0 Å². The summed E-state index contributed by atoms with van der Waals surface area (Å²) in [6.07, 6.45) is 14.1. The summed E-state index contributed by atoms with van der Waals surface area (Å²) in [6, 6.07) is 4.54. The van der Waals surface area contributed by atoms with Crippen molar-refractivity contribution in [2.75, 3.05) is 0 Å². The molecule has 0 atom stereocenters. The first-order valence-corrected chi connectivity index (χ1v) is 9.61. The quantitative estimate of drug-likeness (QED) is 0.543. The van der Waals surface area contributed by atoms with E-state index in [1.807, 2.05) is 0 Å². The Labute approximate surface area is 145 Å². The number of halogens is 1. The second kappa shape index (κ2) is 9.80. The molecule has 24 heavy (non-hydrogen) atoms. The predicted octanol–water partition coefficient (Wildman–Crippen LogP) is 6.23. The first-order chi connectivity index (χ1) is 11.6. The predicted molar refractivity (Wildman–Crippen MR) is 95.9 cm³/mol. The zero-order valence-corrected chi connectivity index (χ0v) is 14.9. The summed E-state index contributed by atoms with van der Waals surface area (Å²) in [4.78, 5) is 10.8. The molecule has 1 fully saturated rings. The van der Waals surface area contributed by atoms with Crippen molar-refractivity contribution in [1.29, 1.82) is 0 Å². The standard InChI is InChI=1S/C21H31FO2/c1-2-3-4-5-6-16-7-9-17(10-8-16)11-12-18-13-14-19(21(23)24)20(22)15-18/h13-17H,2-12H2,1H3,(H,23,24). The number of carboxylic acid groups (broad SMARTS) is 1. The van der Waals surface area contributed by atoms with E-state index in [0.29, 0.717) is 0 Å². The van der Waals surface area contributed by atoms with Crippen LogP contribution < -0.4 is 0 Å². The van der Waals surface area contributed by atoms with Crippen LogP contribution in [-0.4, -0.2) is 11.1 Å². The Kier molecular flexibility index (Phi) is 7.74. The molecule has 1 aromatic rings. The second-order valence-corrected chi connectivity index (χ2v) is 7.39. The van der Waals surface area contributed by atoms with Crippen LogP contribution in [0.4, 0.5) is 4.39 Å². The Hall–Kier alpha value is -1.38. The lowest BCUT2D eigenvalue weighted by Gasteiger charge is -2.28. The Morgan fingerprint density at radius 1 is 1.08 bits per heavy atom. The molecule has 0 radical (unpaired) electrons. The van der Waals surface area contributed by atoms with Crippen LogP contribution in [-0.2, 0) is 6.42 Å². The molecule has 0 bridgehead atoms.